The van der Waals surface area contributed by atoms with E-state index in [1.54, 1.807) is 0 Å². The Morgan fingerprint density at radius 3 is 2.70 bits per heavy atom. The largest absolute Gasteiger partial charge is 0.357 e. The molecule has 0 amide bonds. The van der Waals surface area contributed by atoms with Crippen LogP contribution in [0.1, 0.15) is 32.6 Å². The van der Waals surface area contributed by atoms with Gasteiger partial charge < -0.3 is 10.6 Å². The third-order valence-corrected chi connectivity index (χ3v) is 5.47. The molecule has 5 nitrogen and oxygen atoms in total. The molecule has 2 N–H and O–H groups in total. The average Bonchev–Trinajstić information content (AvgIpc) is 2.81. The first-order valence-corrected chi connectivity index (χ1v) is 10.5. The van der Waals surface area contributed by atoms with Crippen molar-refractivity contribution in [2.45, 2.75) is 43.9 Å². The van der Waals surface area contributed by atoms with Gasteiger partial charge in [-0.3, -0.25) is 4.99 Å². The number of hydrogen-bond donors (Lipinski definition) is 2. The van der Waals surface area contributed by atoms with E-state index in [9.17, 15) is 8.42 Å². The van der Waals surface area contributed by atoms with Crippen molar-refractivity contribution in [1.82, 2.24) is 10.6 Å². The van der Waals surface area contributed by atoms with Gasteiger partial charge in [0.1, 0.15) is 9.84 Å². The highest BCUT2D eigenvalue weighted by atomic mass is 32.2. The summed E-state index contributed by atoms with van der Waals surface area (Å²) in [5, 5.41) is 7.43. The summed E-state index contributed by atoms with van der Waals surface area (Å²) >= 11 is 1.93. The van der Waals surface area contributed by atoms with Crippen LogP contribution in [0.3, 0.4) is 0 Å². The molecule has 0 aliphatic heterocycles. The summed E-state index contributed by atoms with van der Waals surface area (Å²) in [4.78, 5) is 4.45. The first-order valence-electron chi connectivity index (χ1n) is 7.20. The lowest BCUT2D eigenvalue weighted by molar-refractivity contribution is 0.598. The fraction of sp³-hybridized carbons (Fsp3) is 0.923. The van der Waals surface area contributed by atoms with Crippen molar-refractivity contribution in [2.24, 2.45) is 4.99 Å². The Balaban J connectivity index is 2.39. The summed E-state index contributed by atoms with van der Waals surface area (Å²) in [5.41, 5.74) is 0. The second-order valence-electron chi connectivity index (χ2n) is 5.26. The van der Waals surface area contributed by atoms with E-state index in [0.717, 1.165) is 17.8 Å². The van der Waals surface area contributed by atoms with Gasteiger partial charge in [0.2, 0.25) is 0 Å². The van der Waals surface area contributed by atoms with Gasteiger partial charge in [-0.25, -0.2) is 8.42 Å². The smallest absolute Gasteiger partial charge is 0.191 e. The monoisotopic (exact) mass is 321 g/mol. The lowest BCUT2D eigenvalue weighted by atomic mass is 10.2. The van der Waals surface area contributed by atoms with Gasteiger partial charge in [-0.05, 0) is 38.9 Å². The minimum Gasteiger partial charge on any atom is -0.357 e. The maximum absolute atomic E-state index is 11.1. The second-order valence-corrected chi connectivity index (χ2v) is 8.65. The molecule has 118 valence electrons. The SMILES string of the molecule is CCNC(=NCCCS(C)(=O)=O)NC1CCC(SC)C1. The lowest BCUT2D eigenvalue weighted by Crippen LogP contribution is -2.42. The molecule has 0 spiro atoms. The number of guanidine groups is 1. The number of hydrogen-bond acceptors (Lipinski definition) is 4. The van der Waals surface area contributed by atoms with Crippen LogP contribution in [0.5, 0.6) is 0 Å². The zero-order valence-electron chi connectivity index (χ0n) is 12.7. The fourth-order valence-corrected chi connectivity index (χ4v) is 3.77. The molecule has 0 aromatic carbocycles. The number of thioether (sulfide) groups is 1. The van der Waals surface area contributed by atoms with E-state index in [1.807, 2.05) is 18.7 Å². The Labute approximate surface area is 127 Å². The van der Waals surface area contributed by atoms with E-state index in [2.05, 4.69) is 21.9 Å². The van der Waals surface area contributed by atoms with E-state index in [4.69, 9.17) is 0 Å². The molecular weight excluding hydrogens is 294 g/mol. The number of nitrogens with zero attached hydrogens (tertiary/aromatic N) is 1. The van der Waals surface area contributed by atoms with E-state index in [1.165, 1.54) is 25.5 Å². The fourth-order valence-electron chi connectivity index (χ4n) is 2.32. The molecule has 7 heteroatoms. The van der Waals surface area contributed by atoms with Crippen LogP contribution in [0.4, 0.5) is 0 Å². The minimum atomic E-state index is -2.88. The Kier molecular flexibility index (Phi) is 7.72. The molecule has 2 atom stereocenters. The molecule has 0 aromatic rings. The number of nitrogens with one attached hydrogen (secondary N) is 2. The van der Waals surface area contributed by atoms with Crippen molar-refractivity contribution in [3.8, 4) is 0 Å². The van der Waals surface area contributed by atoms with Gasteiger partial charge in [-0.1, -0.05) is 0 Å². The van der Waals surface area contributed by atoms with Crippen LogP contribution in [0, 0.1) is 0 Å². The van der Waals surface area contributed by atoms with E-state index < -0.39 is 9.84 Å². The van der Waals surface area contributed by atoms with Gasteiger partial charge >= 0.3 is 0 Å². The van der Waals surface area contributed by atoms with Crippen LogP contribution in [-0.2, 0) is 9.84 Å². The summed E-state index contributed by atoms with van der Waals surface area (Å²) in [6.07, 6.45) is 7.62. The quantitative estimate of drug-likeness (QED) is 0.420. The van der Waals surface area contributed by atoms with Gasteiger partial charge in [0.25, 0.3) is 0 Å². The van der Waals surface area contributed by atoms with Crippen LogP contribution in [0.2, 0.25) is 0 Å². The highest BCUT2D eigenvalue weighted by Gasteiger charge is 2.24. The molecule has 1 rings (SSSR count). The first-order chi connectivity index (χ1) is 9.44. The van der Waals surface area contributed by atoms with Crippen molar-refractivity contribution in [3.63, 3.8) is 0 Å². The molecule has 0 bridgehead atoms. The topological polar surface area (TPSA) is 70.6 Å². The standard InChI is InChI=1S/C13H27N3O2S2/c1-4-14-13(15-8-5-9-20(3,17)18)16-11-6-7-12(10-11)19-2/h11-12H,4-10H2,1-3H3,(H2,14,15,16). The van der Waals surface area contributed by atoms with E-state index >= 15 is 0 Å². The zero-order chi connectivity index (χ0) is 15.0. The summed E-state index contributed by atoms with van der Waals surface area (Å²) in [7, 11) is -2.88. The lowest BCUT2D eigenvalue weighted by Gasteiger charge is -2.17. The summed E-state index contributed by atoms with van der Waals surface area (Å²) in [6, 6.07) is 0.486. The first kappa shape index (κ1) is 17.6. The third-order valence-electron chi connectivity index (χ3n) is 3.35. The minimum absolute atomic E-state index is 0.202. The van der Waals surface area contributed by atoms with Crippen LogP contribution in [0.25, 0.3) is 0 Å². The van der Waals surface area contributed by atoms with Crippen LogP contribution < -0.4 is 10.6 Å². The normalized spacial score (nSPS) is 23.9. The molecule has 1 fully saturated rings. The van der Waals surface area contributed by atoms with Crippen molar-refractivity contribution in [2.75, 3.05) is 31.4 Å². The van der Waals surface area contributed by atoms with Gasteiger partial charge in [0.05, 0.1) is 5.75 Å². The highest BCUT2D eigenvalue weighted by Crippen LogP contribution is 2.27. The van der Waals surface area contributed by atoms with Gasteiger partial charge in [0, 0.05) is 30.6 Å². The van der Waals surface area contributed by atoms with E-state index in [-0.39, 0.29) is 5.75 Å². The van der Waals surface area contributed by atoms with Crippen LogP contribution in [0.15, 0.2) is 4.99 Å². The van der Waals surface area contributed by atoms with Crippen molar-refractivity contribution < 1.29 is 8.42 Å². The molecule has 2 unspecified atom stereocenters. The van der Waals surface area contributed by atoms with E-state index in [0.29, 0.717) is 19.0 Å². The van der Waals surface area contributed by atoms with Gasteiger partial charge in [0.15, 0.2) is 5.96 Å². The molecule has 0 heterocycles. The maximum atomic E-state index is 11.1. The molecular formula is C13H27N3O2S2. The molecule has 1 saturated carbocycles. The maximum Gasteiger partial charge on any atom is 0.191 e. The van der Waals surface area contributed by atoms with Gasteiger partial charge in [-0.15, -0.1) is 0 Å². The Bertz CT molecular complexity index is 410. The number of aliphatic imine (C=N–C) groups is 1. The Morgan fingerprint density at radius 1 is 1.40 bits per heavy atom. The number of sulfone groups is 1. The van der Waals surface area contributed by atoms with Crippen LogP contribution in [-0.4, -0.2) is 57.0 Å². The second kappa shape index (κ2) is 8.77. The molecule has 1 aliphatic rings. The van der Waals surface area contributed by atoms with Crippen molar-refractivity contribution >= 4 is 27.6 Å². The number of rotatable bonds is 7. The average molecular weight is 322 g/mol. The summed E-state index contributed by atoms with van der Waals surface area (Å²) < 4.78 is 22.1. The van der Waals surface area contributed by atoms with Crippen molar-refractivity contribution in [3.05, 3.63) is 0 Å². The molecule has 0 saturated heterocycles. The van der Waals surface area contributed by atoms with Crippen molar-refractivity contribution in [1.29, 1.82) is 0 Å². The third kappa shape index (κ3) is 7.38. The molecule has 0 aromatic heterocycles. The molecule has 20 heavy (non-hydrogen) atoms. The van der Waals surface area contributed by atoms with Crippen LogP contribution >= 0.6 is 11.8 Å². The predicted octanol–water partition coefficient (Wildman–Crippen LogP) is 1.26. The van der Waals surface area contributed by atoms with Gasteiger partial charge in [-0.2, -0.15) is 11.8 Å². The highest BCUT2D eigenvalue weighted by molar-refractivity contribution is 7.99. The summed E-state index contributed by atoms with van der Waals surface area (Å²) in [5.74, 6) is 1.01. The summed E-state index contributed by atoms with van der Waals surface area (Å²) in [6.45, 7) is 3.39. The predicted molar refractivity (Wildman–Crippen MR) is 88.4 cm³/mol. The Hall–Kier alpha value is -0.430. The Morgan fingerprint density at radius 2 is 2.15 bits per heavy atom. The molecule has 1 aliphatic carbocycles. The zero-order valence-corrected chi connectivity index (χ0v) is 14.3. The molecule has 0 radical (unpaired) electrons.